The van der Waals surface area contributed by atoms with Gasteiger partial charge in [0.15, 0.2) is 0 Å². The molecule has 0 saturated heterocycles. The molecule has 0 heterocycles. The number of benzene rings is 2. The van der Waals surface area contributed by atoms with E-state index in [-0.39, 0.29) is 5.69 Å². The van der Waals surface area contributed by atoms with E-state index in [9.17, 15) is 13.2 Å². The molecule has 2 aromatic carbocycles. The SMILES string of the molecule is Cc1ccc(C#N)c(Nc2cc(C(F)(F)F)ccc2Br)c1. The molecule has 0 unspecified atom stereocenters. The number of hydrogen-bond donors (Lipinski definition) is 1. The lowest BCUT2D eigenvalue weighted by Gasteiger charge is -2.14. The standard InChI is InChI=1S/C15H10BrF3N2/c1-9-2-3-10(8-20)13(6-9)21-14-7-11(15(17,18)19)4-5-12(14)16/h2-7,21H,1H3. The van der Waals surface area contributed by atoms with Crippen LogP contribution in [0.3, 0.4) is 0 Å². The summed E-state index contributed by atoms with van der Waals surface area (Å²) in [5.41, 5.74) is 1.24. The van der Waals surface area contributed by atoms with Gasteiger partial charge in [0.25, 0.3) is 0 Å². The number of anilines is 2. The van der Waals surface area contributed by atoms with Crippen molar-refractivity contribution in [2.75, 3.05) is 5.32 Å². The fourth-order valence-electron chi connectivity index (χ4n) is 1.80. The van der Waals surface area contributed by atoms with Gasteiger partial charge in [-0.3, -0.25) is 0 Å². The van der Waals surface area contributed by atoms with Crippen molar-refractivity contribution in [2.24, 2.45) is 0 Å². The molecule has 0 amide bonds. The zero-order valence-corrected chi connectivity index (χ0v) is 12.5. The van der Waals surface area contributed by atoms with Crippen LogP contribution in [0.1, 0.15) is 16.7 Å². The van der Waals surface area contributed by atoms with E-state index < -0.39 is 11.7 Å². The van der Waals surface area contributed by atoms with Crippen LogP contribution >= 0.6 is 15.9 Å². The van der Waals surface area contributed by atoms with Crippen molar-refractivity contribution >= 4 is 27.3 Å². The summed E-state index contributed by atoms with van der Waals surface area (Å²) in [6.45, 7) is 1.84. The second-order valence-corrected chi connectivity index (χ2v) is 5.33. The van der Waals surface area contributed by atoms with Crippen LogP contribution < -0.4 is 5.32 Å². The molecule has 0 aliphatic heterocycles. The third kappa shape index (κ3) is 3.56. The number of nitrogens with one attached hydrogen (secondary N) is 1. The molecule has 108 valence electrons. The molecule has 2 rings (SSSR count). The zero-order chi connectivity index (χ0) is 15.6. The summed E-state index contributed by atoms with van der Waals surface area (Å²) in [7, 11) is 0. The summed E-state index contributed by atoms with van der Waals surface area (Å²) >= 11 is 3.21. The van der Waals surface area contributed by atoms with Gasteiger partial charge >= 0.3 is 6.18 Å². The Morgan fingerprint density at radius 1 is 1.10 bits per heavy atom. The second-order valence-electron chi connectivity index (χ2n) is 4.48. The Hall–Kier alpha value is -2.00. The number of nitriles is 1. The fourth-order valence-corrected chi connectivity index (χ4v) is 2.15. The highest BCUT2D eigenvalue weighted by Crippen LogP contribution is 2.35. The van der Waals surface area contributed by atoms with Crippen molar-refractivity contribution < 1.29 is 13.2 Å². The van der Waals surface area contributed by atoms with E-state index in [0.29, 0.717) is 15.7 Å². The van der Waals surface area contributed by atoms with E-state index in [2.05, 4.69) is 21.2 Å². The van der Waals surface area contributed by atoms with Crippen LogP contribution in [0.25, 0.3) is 0 Å². The molecule has 0 saturated carbocycles. The topological polar surface area (TPSA) is 35.8 Å². The maximum absolute atomic E-state index is 12.8. The number of nitrogens with zero attached hydrogens (tertiary/aromatic N) is 1. The molecular formula is C15H10BrF3N2. The van der Waals surface area contributed by atoms with Crippen LogP contribution in [0, 0.1) is 18.3 Å². The Balaban J connectivity index is 2.45. The highest BCUT2D eigenvalue weighted by Gasteiger charge is 2.30. The molecule has 1 N–H and O–H groups in total. The summed E-state index contributed by atoms with van der Waals surface area (Å²) in [6, 6.07) is 10.4. The third-order valence-corrected chi connectivity index (χ3v) is 3.55. The van der Waals surface area contributed by atoms with Gasteiger partial charge in [-0.15, -0.1) is 0 Å². The zero-order valence-electron chi connectivity index (χ0n) is 10.9. The van der Waals surface area contributed by atoms with E-state index >= 15 is 0 Å². The first-order chi connectivity index (χ1) is 9.81. The second kappa shape index (κ2) is 5.78. The fraction of sp³-hybridized carbons (Fsp3) is 0.133. The van der Waals surface area contributed by atoms with Gasteiger partial charge in [0.1, 0.15) is 6.07 Å². The molecular weight excluding hydrogens is 345 g/mol. The molecule has 0 radical (unpaired) electrons. The lowest BCUT2D eigenvalue weighted by atomic mass is 10.1. The Morgan fingerprint density at radius 2 is 1.81 bits per heavy atom. The maximum Gasteiger partial charge on any atom is 0.416 e. The van der Waals surface area contributed by atoms with E-state index in [1.54, 1.807) is 18.2 Å². The Labute approximate surface area is 128 Å². The Morgan fingerprint density at radius 3 is 2.43 bits per heavy atom. The van der Waals surface area contributed by atoms with Gasteiger partial charge < -0.3 is 5.32 Å². The molecule has 0 spiro atoms. The van der Waals surface area contributed by atoms with Gasteiger partial charge in [0.2, 0.25) is 0 Å². The van der Waals surface area contributed by atoms with Gasteiger partial charge in [-0.1, -0.05) is 6.07 Å². The monoisotopic (exact) mass is 354 g/mol. The average molecular weight is 355 g/mol. The number of hydrogen-bond acceptors (Lipinski definition) is 2. The number of rotatable bonds is 2. The number of alkyl halides is 3. The van der Waals surface area contributed by atoms with Crippen molar-refractivity contribution in [1.29, 1.82) is 5.26 Å². The van der Waals surface area contributed by atoms with Crippen molar-refractivity contribution in [1.82, 2.24) is 0 Å². The van der Waals surface area contributed by atoms with Crippen LogP contribution in [-0.2, 0) is 6.18 Å². The largest absolute Gasteiger partial charge is 0.416 e. The lowest BCUT2D eigenvalue weighted by Crippen LogP contribution is -2.06. The van der Waals surface area contributed by atoms with Crippen molar-refractivity contribution in [3.05, 3.63) is 57.6 Å². The third-order valence-electron chi connectivity index (χ3n) is 2.86. The van der Waals surface area contributed by atoms with E-state index in [4.69, 9.17) is 5.26 Å². The molecule has 21 heavy (non-hydrogen) atoms. The van der Waals surface area contributed by atoms with E-state index in [1.165, 1.54) is 6.07 Å². The predicted octanol–water partition coefficient (Wildman–Crippen LogP) is 5.39. The van der Waals surface area contributed by atoms with Crippen molar-refractivity contribution in [3.8, 4) is 6.07 Å². The quantitative estimate of drug-likeness (QED) is 0.784. The van der Waals surface area contributed by atoms with Crippen molar-refractivity contribution in [2.45, 2.75) is 13.1 Å². The van der Waals surface area contributed by atoms with Crippen LogP contribution in [0.15, 0.2) is 40.9 Å². The van der Waals surface area contributed by atoms with Gasteiger partial charge in [-0.05, 0) is 58.7 Å². The highest BCUT2D eigenvalue weighted by atomic mass is 79.9. The average Bonchev–Trinajstić information content (AvgIpc) is 2.40. The molecule has 2 aromatic rings. The minimum atomic E-state index is -4.41. The van der Waals surface area contributed by atoms with Gasteiger partial charge in [0.05, 0.1) is 22.5 Å². The molecule has 0 atom stereocenters. The normalized spacial score (nSPS) is 11.0. The predicted molar refractivity (Wildman–Crippen MR) is 78.3 cm³/mol. The van der Waals surface area contributed by atoms with Crippen LogP contribution in [0.2, 0.25) is 0 Å². The minimum absolute atomic E-state index is 0.256. The van der Waals surface area contributed by atoms with Crippen LogP contribution in [-0.4, -0.2) is 0 Å². The first-order valence-electron chi connectivity index (χ1n) is 5.96. The molecule has 0 fully saturated rings. The smallest absolute Gasteiger partial charge is 0.354 e. The number of halogens is 4. The molecule has 0 aliphatic carbocycles. The van der Waals surface area contributed by atoms with Gasteiger partial charge in [0, 0.05) is 4.47 Å². The molecule has 0 bridgehead atoms. The Bertz CT molecular complexity index is 718. The summed E-state index contributed by atoms with van der Waals surface area (Å²) < 4.78 is 38.7. The van der Waals surface area contributed by atoms with E-state index in [1.807, 2.05) is 13.0 Å². The van der Waals surface area contributed by atoms with E-state index in [0.717, 1.165) is 17.7 Å². The summed E-state index contributed by atoms with van der Waals surface area (Å²) in [5.74, 6) is 0. The van der Waals surface area contributed by atoms with Crippen molar-refractivity contribution in [3.63, 3.8) is 0 Å². The van der Waals surface area contributed by atoms with Crippen LogP contribution in [0.5, 0.6) is 0 Å². The maximum atomic E-state index is 12.8. The first kappa shape index (κ1) is 15.4. The number of aryl methyl sites for hydroxylation is 1. The molecule has 0 aromatic heterocycles. The highest BCUT2D eigenvalue weighted by molar-refractivity contribution is 9.10. The van der Waals surface area contributed by atoms with Gasteiger partial charge in [-0.2, -0.15) is 18.4 Å². The molecule has 2 nitrogen and oxygen atoms in total. The van der Waals surface area contributed by atoms with Gasteiger partial charge in [-0.25, -0.2) is 0 Å². The molecule has 0 aliphatic rings. The molecule has 6 heteroatoms. The first-order valence-corrected chi connectivity index (χ1v) is 6.75. The summed E-state index contributed by atoms with van der Waals surface area (Å²) in [6.07, 6.45) is -4.41. The van der Waals surface area contributed by atoms with Crippen LogP contribution in [0.4, 0.5) is 24.5 Å². The Kier molecular flexibility index (Phi) is 4.24. The minimum Gasteiger partial charge on any atom is -0.354 e. The lowest BCUT2D eigenvalue weighted by molar-refractivity contribution is -0.137. The summed E-state index contributed by atoms with van der Waals surface area (Å²) in [4.78, 5) is 0. The summed E-state index contributed by atoms with van der Waals surface area (Å²) in [5, 5.41) is 11.9.